The lowest BCUT2D eigenvalue weighted by atomic mass is 9.95. The van der Waals surface area contributed by atoms with E-state index in [1.165, 1.54) is 6.42 Å². The first-order valence-electron chi connectivity index (χ1n) is 12.0. The van der Waals surface area contributed by atoms with E-state index in [0.29, 0.717) is 22.2 Å². The number of halogens is 1. The zero-order valence-corrected chi connectivity index (χ0v) is 22.4. The van der Waals surface area contributed by atoms with Gasteiger partial charge in [-0.3, -0.25) is 0 Å². The molecule has 1 aliphatic heterocycles. The molecule has 0 bridgehead atoms. The lowest BCUT2D eigenvalue weighted by Crippen LogP contribution is -2.30. The zero-order chi connectivity index (χ0) is 25.3. The molecule has 2 aromatic rings. The van der Waals surface area contributed by atoms with Crippen molar-refractivity contribution in [2.75, 3.05) is 31.6 Å². The van der Waals surface area contributed by atoms with Gasteiger partial charge >= 0.3 is 5.97 Å². The van der Waals surface area contributed by atoms with Crippen LogP contribution in [0.1, 0.15) is 78.7 Å². The molecule has 3 heterocycles. The van der Waals surface area contributed by atoms with Gasteiger partial charge in [-0.2, -0.15) is 4.98 Å². The van der Waals surface area contributed by atoms with Gasteiger partial charge < -0.3 is 30.7 Å². The molecule has 4 rings (SSSR count). The quantitative estimate of drug-likeness (QED) is 0.305. The van der Waals surface area contributed by atoms with Gasteiger partial charge in [0.15, 0.2) is 15.7 Å². The average molecular weight is 508 g/mol. The van der Waals surface area contributed by atoms with Gasteiger partial charge in [0.25, 0.3) is 0 Å². The second-order valence-electron chi connectivity index (χ2n) is 6.49. The van der Waals surface area contributed by atoms with Crippen molar-refractivity contribution >= 4 is 39.1 Å². The molecule has 2 aliphatic rings. The van der Waals surface area contributed by atoms with Crippen molar-refractivity contribution in [2.24, 2.45) is 0 Å². The van der Waals surface area contributed by atoms with Crippen molar-refractivity contribution in [3.05, 3.63) is 10.3 Å². The number of hydrogen-bond donors (Lipinski definition) is 5. The number of aromatic nitrogens is 3. The number of morpholine rings is 1. The van der Waals surface area contributed by atoms with Gasteiger partial charge in [-0.15, -0.1) is 0 Å². The minimum atomic E-state index is -2.99. The standard InChI is InChI=1S/C12H15ClN4O3S.C4H9NO.3C2H6/c13-11-16-8(14-6-4-2-1-3-5-6)7-9(17-11)21-10(15-7)12(18,19)20;1-3-6-4-2-5-1;3*1-2/h6,18-20H,1-5H2,(H,14,16,17);5H,1-4H2;3*1-2H3. The van der Waals surface area contributed by atoms with Gasteiger partial charge in [-0.1, -0.05) is 72.1 Å². The molecule has 11 heteroatoms. The molecule has 0 amide bonds. The molecule has 9 nitrogen and oxygen atoms in total. The summed E-state index contributed by atoms with van der Waals surface area (Å²) in [5.41, 5.74) is 0.381. The van der Waals surface area contributed by atoms with E-state index in [1.807, 2.05) is 41.5 Å². The Kier molecular flexibility index (Phi) is 17.6. The maximum atomic E-state index is 9.23. The van der Waals surface area contributed by atoms with E-state index in [9.17, 15) is 15.3 Å². The topological polar surface area (TPSA) is 133 Å². The predicted molar refractivity (Wildman–Crippen MR) is 137 cm³/mol. The van der Waals surface area contributed by atoms with Crippen LogP contribution in [0.25, 0.3) is 10.3 Å². The fraction of sp³-hybridized carbons (Fsp3) is 0.773. The normalized spacial score (nSPS) is 15.9. The number of nitrogens with one attached hydrogen (secondary N) is 2. The van der Waals surface area contributed by atoms with Crippen molar-refractivity contribution < 1.29 is 20.1 Å². The smallest absolute Gasteiger partial charge is 0.332 e. The van der Waals surface area contributed by atoms with E-state index in [2.05, 4.69) is 25.6 Å². The average Bonchev–Trinajstić information content (AvgIpc) is 3.30. The van der Waals surface area contributed by atoms with Crippen LogP contribution in [0.2, 0.25) is 5.28 Å². The van der Waals surface area contributed by atoms with Crippen LogP contribution in [0, 0.1) is 0 Å². The van der Waals surface area contributed by atoms with Crippen LogP contribution in [0.4, 0.5) is 5.82 Å². The number of thiazole rings is 1. The zero-order valence-electron chi connectivity index (χ0n) is 20.8. The monoisotopic (exact) mass is 507 g/mol. The van der Waals surface area contributed by atoms with Crippen LogP contribution in [0.3, 0.4) is 0 Å². The third-order valence-corrected chi connectivity index (χ3v) is 5.52. The van der Waals surface area contributed by atoms with Gasteiger partial charge in [-0.25, -0.2) is 9.97 Å². The number of fused-ring (bicyclic) bond motifs is 1. The van der Waals surface area contributed by atoms with Gasteiger partial charge in [0, 0.05) is 19.1 Å². The number of ether oxygens (including phenoxy) is 1. The van der Waals surface area contributed by atoms with Gasteiger partial charge in [0.2, 0.25) is 5.28 Å². The molecule has 1 saturated carbocycles. The summed E-state index contributed by atoms with van der Waals surface area (Å²) < 4.78 is 5.01. The highest BCUT2D eigenvalue weighted by atomic mass is 35.5. The molecule has 1 saturated heterocycles. The van der Waals surface area contributed by atoms with Gasteiger partial charge in [-0.05, 0) is 24.4 Å². The maximum Gasteiger partial charge on any atom is 0.332 e. The Labute approximate surface area is 207 Å². The molecule has 192 valence electrons. The summed E-state index contributed by atoms with van der Waals surface area (Å²) in [6.07, 6.45) is 5.65. The van der Waals surface area contributed by atoms with Crippen molar-refractivity contribution in [1.82, 2.24) is 20.3 Å². The lowest BCUT2D eigenvalue weighted by Gasteiger charge is -2.23. The van der Waals surface area contributed by atoms with Crippen molar-refractivity contribution in [3.63, 3.8) is 0 Å². The highest BCUT2D eigenvalue weighted by Gasteiger charge is 2.29. The SMILES string of the molecule is C1COCCN1.CC.CC.CC.OC(O)(O)c1nc2c(NC3CCCCC3)nc(Cl)nc2s1. The first kappa shape index (κ1) is 31.9. The van der Waals surface area contributed by atoms with Gasteiger partial charge in [0.05, 0.1) is 13.2 Å². The largest absolute Gasteiger partial charge is 0.379 e. The Morgan fingerprint density at radius 2 is 1.52 bits per heavy atom. The molecule has 1 aliphatic carbocycles. The molecular formula is C22H42ClN5O4S. The molecule has 0 atom stereocenters. The predicted octanol–water partition coefficient (Wildman–Crippen LogP) is 4.26. The molecule has 0 unspecified atom stereocenters. The molecule has 0 spiro atoms. The number of hydrogen-bond acceptors (Lipinski definition) is 10. The van der Waals surface area contributed by atoms with Crippen molar-refractivity contribution in [2.45, 2.75) is 85.7 Å². The van der Waals surface area contributed by atoms with Crippen LogP contribution in [0.15, 0.2) is 0 Å². The summed E-state index contributed by atoms with van der Waals surface area (Å²) in [5.74, 6) is -2.52. The van der Waals surface area contributed by atoms with Crippen molar-refractivity contribution in [1.29, 1.82) is 0 Å². The fourth-order valence-corrected chi connectivity index (χ4v) is 4.04. The molecule has 0 aromatic carbocycles. The number of rotatable bonds is 3. The Bertz CT molecular complexity index is 737. The summed E-state index contributed by atoms with van der Waals surface area (Å²) >= 11 is 6.75. The van der Waals surface area contributed by atoms with Crippen molar-refractivity contribution in [3.8, 4) is 0 Å². The van der Waals surface area contributed by atoms with Crippen LogP contribution in [-0.4, -0.2) is 62.6 Å². The molecule has 33 heavy (non-hydrogen) atoms. The Hall–Kier alpha value is -1.14. The third kappa shape index (κ3) is 11.7. The fourth-order valence-electron chi connectivity index (χ4n) is 3.00. The van der Waals surface area contributed by atoms with Crippen LogP contribution >= 0.6 is 22.9 Å². The van der Waals surface area contributed by atoms with E-state index in [4.69, 9.17) is 16.3 Å². The Balaban J connectivity index is 0.000000715. The molecule has 2 aromatic heterocycles. The van der Waals surface area contributed by atoms with E-state index in [0.717, 1.165) is 63.3 Å². The Morgan fingerprint density at radius 3 is 1.97 bits per heavy atom. The van der Waals surface area contributed by atoms with E-state index < -0.39 is 5.97 Å². The molecule has 2 fully saturated rings. The van der Waals surface area contributed by atoms with Crippen LogP contribution < -0.4 is 10.6 Å². The minimum Gasteiger partial charge on any atom is -0.379 e. The highest BCUT2D eigenvalue weighted by Crippen LogP contribution is 2.32. The first-order chi connectivity index (χ1) is 15.9. The summed E-state index contributed by atoms with van der Waals surface area (Å²) in [6.45, 7) is 15.8. The summed E-state index contributed by atoms with van der Waals surface area (Å²) in [5, 5.41) is 33.9. The Morgan fingerprint density at radius 1 is 0.939 bits per heavy atom. The summed E-state index contributed by atoms with van der Waals surface area (Å²) in [6, 6.07) is 0.292. The number of aliphatic hydroxyl groups is 3. The van der Waals surface area contributed by atoms with E-state index >= 15 is 0 Å². The lowest BCUT2D eigenvalue weighted by molar-refractivity contribution is -0.323. The minimum absolute atomic E-state index is 0.0513. The second-order valence-corrected chi connectivity index (χ2v) is 7.81. The molecule has 5 N–H and O–H groups in total. The summed E-state index contributed by atoms with van der Waals surface area (Å²) in [4.78, 5) is 12.5. The molecule has 0 radical (unpaired) electrons. The number of nitrogens with zero attached hydrogens (tertiary/aromatic N) is 3. The van der Waals surface area contributed by atoms with Gasteiger partial charge in [0.1, 0.15) is 5.52 Å². The van der Waals surface area contributed by atoms with Crippen LogP contribution in [-0.2, 0) is 10.7 Å². The van der Waals surface area contributed by atoms with Crippen LogP contribution in [0.5, 0.6) is 0 Å². The maximum absolute atomic E-state index is 9.23. The molecular weight excluding hydrogens is 466 g/mol. The summed E-state index contributed by atoms with van der Waals surface area (Å²) in [7, 11) is 0. The highest BCUT2D eigenvalue weighted by molar-refractivity contribution is 7.18. The number of anilines is 1. The van der Waals surface area contributed by atoms with E-state index in [1.54, 1.807) is 0 Å². The van der Waals surface area contributed by atoms with E-state index in [-0.39, 0.29) is 10.3 Å². The third-order valence-electron chi connectivity index (χ3n) is 4.31. The first-order valence-corrected chi connectivity index (χ1v) is 13.2. The second kappa shape index (κ2) is 18.2.